The fraction of sp³-hybridized carbons (Fsp3) is 0.920. The molecule has 0 bridgehead atoms. The second kappa shape index (κ2) is 14.9. The standard InChI is InChI=1S/C25H47F2N7O8/c1-10(35)21(30)34-14-7-13(29)17(15(36)18(14)42-24-16(37)19(32-3)25(2,38)9-40-24)41-23-12(28)6-4-5-11(8-39-23)33-22(31)20(26)27/h10-20,23-24,32,35-38H,4-9,28-29H2,1-3H3,(H2,30,34)(H2,31,33)/t10?,11?,12?,13-,14+,15?,16?,17?,18?,19+,23+,24+,25?/m0/s1. The smallest absolute Gasteiger partial charge is 0.294 e. The number of nitrogens with one attached hydrogen (secondary N) is 3. The molecular formula is C25H47F2N7O8. The molecule has 42 heavy (non-hydrogen) atoms. The topological polar surface area (TPSA) is 256 Å². The van der Waals surface area contributed by atoms with Crippen molar-refractivity contribution in [1.29, 1.82) is 5.41 Å². The van der Waals surface area contributed by atoms with Gasteiger partial charge in [-0.2, -0.15) is 0 Å². The monoisotopic (exact) mass is 611 g/mol. The number of ether oxygens (including phenoxy) is 4. The van der Waals surface area contributed by atoms with Crippen molar-refractivity contribution in [2.75, 3.05) is 20.3 Å². The summed E-state index contributed by atoms with van der Waals surface area (Å²) in [6.45, 7) is 2.60. The van der Waals surface area contributed by atoms with Crippen LogP contribution < -0.4 is 27.8 Å². The van der Waals surface area contributed by atoms with E-state index in [2.05, 4.69) is 15.6 Å². The Balaban J connectivity index is 1.80. The minimum Gasteiger partial charge on any atom is -0.388 e. The number of aliphatic hydroxyl groups is 4. The van der Waals surface area contributed by atoms with Crippen molar-refractivity contribution in [2.45, 2.75) is 125 Å². The van der Waals surface area contributed by atoms with Crippen molar-refractivity contribution in [3.63, 3.8) is 0 Å². The van der Waals surface area contributed by atoms with Gasteiger partial charge >= 0.3 is 0 Å². The molecule has 244 valence electrons. The van der Waals surface area contributed by atoms with Gasteiger partial charge in [0, 0.05) is 6.04 Å². The van der Waals surface area contributed by atoms with Crippen LogP contribution in [-0.2, 0) is 18.9 Å². The number of amidine groups is 2. The molecule has 0 aromatic heterocycles. The van der Waals surface area contributed by atoms with Crippen molar-refractivity contribution in [3.8, 4) is 0 Å². The molecular weight excluding hydrogens is 564 g/mol. The lowest BCUT2D eigenvalue weighted by atomic mass is 9.83. The molecule has 0 amide bonds. The number of rotatable bonds is 9. The number of hydrogen-bond donors (Lipinski definition) is 10. The van der Waals surface area contributed by atoms with E-state index in [0.717, 1.165) is 0 Å². The highest BCUT2D eigenvalue weighted by Gasteiger charge is 2.51. The summed E-state index contributed by atoms with van der Waals surface area (Å²) in [5, 5.41) is 56.7. The molecule has 2 saturated heterocycles. The van der Waals surface area contributed by atoms with Crippen molar-refractivity contribution in [3.05, 3.63) is 0 Å². The lowest BCUT2D eigenvalue weighted by Crippen LogP contribution is -2.69. The number of alkyl halides is 2. The Bertz CT molecular complexity index is 920. The van der Waals surface area contributed by atoms with Crippen LogP contribution in [0.4, 0.5) is 8.78 Å². The third-order valence-electron chi connectivity index (χ3n) is 7.93. The Morgan fingerprint density at radius 2 is 1.76 bits per heavy atom. The van der Waals surface area contributed by atoms with Crippen LogP contribution in [0, 0.1) is 5.41 Å². The van der Waals surface area contributed by atoms with Crippen LogP contribution in [0.2, 0.25) is 0 Å². The van der Waals surface area contributed by atoms with Crippen LogP contribution in [0.5, 0.6) is 0 Å². The van der Waals surface area contributed by atoms with Gasteiger partial charge in [-0.15, -0.1) is 0 Å². The number of hydrogen-bond acceptors (Lipinski definition) is 13. The summed E-state index contributed by atoms with van der Waals surface area (Å²) in [6.07, 6.45) is -10.0. The summed E-state index contributed by atoms with van der Waals surface area (Å²) in [5.41, 5.74) is 16.6. The first kappa shape index (κ1) is 34.8. The van der Waals surface area contributed by atoms with Crippen molar-refractivity contribution in [1.82, 2.24) is 10.6 Å². The molecule has 0 aromatic rings. The normalized spacial score (nSPS) is 43.0. The predicted octanol–water partition coefficient (Wildman–Crippen LogP) is -2.93. The Morgan fingerprint density at radius 3 is 2.38 bits per heavy atom. The SMILES string of the molecule is CN[C@@H]1C(O)[C@@H](OC2C(O)C(O[C@H]3OCC(N=C(N)C(F)F)CCCC3N)[C@@H](N)C[C@H]2NC(=N)C(C)O)OCC1(C)O. The average molecular weight is 612 g/mol. The highest BCUT2D eigenvalue weighted by Crippen LogP contribution is 2.31. The quantitative estimate of drug-likeness (QED) is 0.0926. The molecule has 2 aliphatic heterocycles. The zero-order chi connectivity index (χ0) is 31.4. The van der Waals surface area contributed by atoms with Crippen LogP contribution in [0.3, 0.4) is 0 Å². The fourth-order valence-electron chi connectivity index (χ4n) is 5.58. The molecule has 8 unspecified atom stereocenters. The molecule has 0 aromatic carbocycles. The lowest BCUT2D eigenvalue weighted by molar-refractivity contribution is -0.304. The van der Waals surface area contributed by atoms with Crippen molar-refractivity contribution < 1.29 is 48.2 Å². The van der Waals surface area contributed by atoms with Gasteiger partial charge in [0.05, 0.1) is 37.4 Å². The lowest BCUT2D eigenvalue weighted by Gasteiger charge is -2.49. The first-order valence-corrected chi connectivity index (χ1v) is 14.1. The van der Waals surface area contributed by atoms with Crippen LogP contribution in [0.1, 0.15) is 39.5 Å². The van der Waals surface area contributed by atoms with E-state index in [-0.39, 0.29) is 25.5 Å². The van der Waals surface area contributed by atoms with E-state index in [1.165, 1.54) is 13.8 Å². The zero-order valence-electron chi connectivity index (χ0n) is 24.1. The number of aliphatic imine (C=N–C) groups is 1. The highest BCUT2D eigenvalue weighted by molar-refractivity contribution is 5.83. The summed E-state index contributed by atoms with van der Waals surface area (Å²) in [4.78, 5) is 3.85. The number of likely N-dealkylation sites (N-methyl/N-ethyl adjacent to an activating group) is 1. The molecule has 1 aliphatic carbocycles. The fourth-order valence-corrected chi connectivity index (χ4v) is 5.58. The Labute approximate surface area is 243 Å². The maximum atomic E-state index is 12.9. The average Bonchev–Trinajstić information content (AvgIpc) is 2.89. The van der Waals surface area contributed by atoms with Gasteiger partial charge in [0.15, 0.2) is 18.4 Å². The summed E-state index contributed by atoms with van der Waals surface area (Å²) >= 11 is 0. The molecule has 3 rings (SSSR count). The van der Waals surface area contributed by atoms with Crippen LogP contribution in [-0.4, -0.2) is 138 Å². The van der Waals surface area contributed by atoms with E-state index in [1.807, 2.05) is 0 Å². The second-order valence-electron chi connectivity index (χ2n) is 11.5. The predicted molar refractivity (Wildman–Crippen MR) is 147 cm³/mol. The van der Waals surface area contributed by atoms with Crippen LogP contribution in [0.25, 0.3) is 0 Å². The number of halogens is 2. The molecule has 3 fully saturated rings. The largest absolute Gasteiger partial charge is 0.388 e. The van der Waals surface area contributed by atoms with E-state index in [9.17, 15) is 29.2 Å². The second-order valence-corrected chi connectivity index (χ2v) is 11.5. The first-order valence-electron chi connectivity index (χ1n) is 14.1. The number of nitrogens with zero attached hydrogens (tertiary/aromatic N) is 1. The van der Waals surface area contributed by atoms with Gasteiger partial charge in [-0.05, 0) is 46.6 Å². The molecule has 15 nitrogen and oxygen atoms in total. The van der Waals surface area contributed by atoms with E-state index < -0.39 is 91.2 Å². The summed E-state index contributed by atoms with van der Waals surface area (Å²) < 4.78 is 49.4. The first-order chi connectivity index (χ1) is 19.7. The molecule has 1 saturated carbocycles. The minimum atomic E-state index is -2.89. The van der Waals surface area contributed by atoms with Crippen LogP contribution >= 0.6 is 0 Å². The highest BCUT2D eigenvalue weighted by atomic mass is 19.3. The van der Waals surface area contributed by atoms with Gasteiger partial charge < -0.3 is 67.2 Å². The van der Waals surface area contributed by atoms with Gasteiger partial charge in [0.25, 0.3) is 6.43 Å². The molecule has 0 spiro atoms. The van der Waals surface area contributed by atoms with Crippen LogP contribution in [0.15, 0.2) is 4.99 Å². The Kier molecular flexibility index (Phi) is 12.4. The Hall–Kier alpha value is -1.64. The van der Waals surface area contributed by atoms with E-state index in [1.54, 1.807) is 7.05 Å². The summed E-state index contributed by atoms with van der Waals surface area (Å²) in [5.74, 6) is -1.03. The van der Waals surface area contributed by atoms with E-state index in [0.29, 0.717) is 19.3 Å². The maximum Gasteiger partial charge on any atom is 0.294 e. The maximum absolute atomic E-state index is 12.9. The molecule has 13 N–H and O–H groups in total. The third kappa shape index (κ3) is 8.50. The van der Waals surface area contributed by atoms with E-state index in [4.69, 9.17) is 41.6 Å². The van der Waals surface area contributed by atoms with E-state index >= 15 is 0 Å². The van der Waals surface area contributed by atoms with Crippen molar-refractivity contribution in [2.24, 2.45) is 22.2 Å². The third-order valence-corrected chi connectivity index (χ3v) is 7.93. The number of aliphatic hydroxyl groups excluding tert-OH is 3. The van der Waals surface area contributed by atoms with Gasteiger partial charge in [0.2, 0.25) is 0 Å². The van der Waals surface area contributed by atoms with Crippen molar-refractivity contribution >= 4 is 11.7 Å². The van der Waals surface area contributed by atoms with Gasteiger partial charge in [-0.1, -0.05) is 0 Å². The summed E-state index contributed by atoms with van der Waals surface area (Å²) in [7, 11) is 1.56. The van der Waals surface area contributed by atoms with Gasteiger partial charge in [0.1, 0.15) is 42.0 Å². The minimum absolute atomic E-state index is 0.0945. The number of nitrogens with two attached hydrogens (primary N) is 3. The van der Waals surface area contributed by atoms with Gasteiger partial charge in [-0.25, -0.2) is 8.78 Å². The summed E-state index contributed by atoms with van der Waals surface area (Å²) in [6, 6.07) is -3.74. The molecule has 3 aliphatic rings. The molecule has 13 atom stereocenters. The molecule has 17 heteroatoms. The Morgan fingerprint density at radius 1 is 1.10 bits per heavy atom. The zero-order valence-corrected chi connectivity index (χ0v) is 24.1. The van der Waals surface area contributed by atoms with Gasteiger partial charge in [-0.3, -0.25) is 10.4 Å². The molecule has 0 radical (unpaired) electrons. The molecule has 2 heterocycles.